The number of rotatable bonds is 4. The predicted molar refractivity (Wildman–Crippen MR) is 122 cm³/mol. The molecule has 2 unspecified atom stereocenters. The number of aromatic nitrogens is 4. The Labute approximate surface area is 188 Å². The highest BCUT2D eigenvalue weighted by molar-refractivity contribution is 6.15. The van der Waals surface area contributed by atoms with Gasteiger partial charge in [-0.05, 0) is 37.3 Å². The third-order valence-corrected chi connectivity index (χ3v) is 6.85. The van der Waals surface area contributed by atoms with Gasteiger partial charge in [-0.1, -0.05) is 0 Å². The molecule has 6 rings (SSSR count). The molecule has 0 radical (unpaired) electrons. The van der Waals surface area contributed by atoms with Crippen molar-refractivity contribution >= 4 is 33.4 Å². The molecule has 8 nitrogen and oxygen atoms in total. The highest BCUT2D eigenvalue weighted by Crippen LogP contribution is 2.45. The Balaban J connectivity index is 1.56. The summed E-state index contributed by atoms with van der Waals surface area (Å²) in [5.41, 5.74) is 7.90. The Kier molecular flexibility index (Phi) is 4.41. The van der Waals surface area contributed by atoms with Gasteiger partial charge in [0.25, 0.3) is 0 Å². The highest BCUT2D eigenvalue weighted by Gasteiger charge is 2.46. The second-order valence-corrected chi connectivity index (χ2v) is 8.86. The molecule has 0 bridgehead atoms. The Bertz CT molecular complexity index is 1390. The zero-order chi connectivity index (χ0) is 22.9. The third-order valence-electron chi connectivity index (χ3n) is 6.85. The van der Waals surface area contributed by atoms with Crippen molar-refractivity contribution in [3.05, 3.63) is 41.7 Å². The molecule has 3 aromatic heterocycles. The average molecular weight is 451 g/mol. The molecule has 3 atom stereocenters. The minimum absolute atomic E-state index is 0.102. The van der Waals surface area contributed by atoms with E-state index in [0.717, 1.165) is 31.3 Å². The van der Waals surface area contributed by atoms with Crippen LogP contribution in [0.1, 0.15) is 12.1 Å². The van der Waals surface area contributed by atoms with E-state index in [1.807, 2.05) is 13.0 Å². The first-order chi connectivity index (χ1) is 15.9. The van der Waals surface area contributed by atoms with Crippen LogP contribution < -0.4 is 20.7 Å². The fourth-order valence-electron chi connectivity index (χ4n) is 5.13. The number of anilines is 2. The largest absolute Gasteiger partial charge is 0.423 e. The number of hydrogen-bond acceptors (Lipinski definition) is 7. The molecule has 170 valence electrons. The van der Waals surface area contributed by atoms with Crippen LogP contribution in [0.2, 0.25) is 0 Å². The summed E-state index contributed by atoms with van der Waals surface area (Å²) in [4.78, 5) is 18.6. The number of nitrogens with two attached hydrogens (primary N) is 1. The number of pyridine rings is 1. The van der Waals surface area contributed by atoms with Crippen LogP contribution in [0.3, 0.4) is 0 Å². The molecule has 2 aliphatic rings. The summed E-state index contributed by atoms with van der Waals surface area (Å²) in [6, 6.07) is 4.76. The van der Waals surface area contributed by atoms with Gasteiger partial charge in [0, 0.05) is 37.9 Å². The molecule has 4 aromatic rings. The molecule has 1 saturated carbocycles. The lowest BCUT2D eigenvalue weighted by Gasteiger charge is -2.36. The van der Waals surface area contributed by atoms with Crippen molar-refractivity contribution < 1.29 is 13.5 Å². The van der Waals surface area contributed by atoms with Crippen molar-refractivity contribution in [2.45, 2.75) is 19.4 Å². The molecule has 4 N–H and O–H groups in total. The molecule has 10 heteroatoms. The van der Waals surface area contributed by atoms with E-state index in [-0.39, 0.29) is 23.1 Å². The van der Waals surface area contributed by atoms with E-state index in [9.17, 15) is 4.39 Å². The molecule has 1 saturated heterocycles. The maximum Gasteiger partial charge on any atom is 0.326 e. The maximum atomic E-state index is 15.1. The lowest BCUT2D eigenvalue weighted by Crippen LogP contribution is -2.46. The summed E-state index contributed by atoms with van der Waals surface area (Å²) in [6.45, 7) is 3.37. The van der Waals surface area contributed by atoms with Crippen molar-refractivity contribution in [3.63, 3.8) is 0 Å². The molecule has 33 heavy (non-hydrogen) atoms. The fourth-order valence-corrected chi connectivity index (χ4v) is 5.13. The van der Waals surface area contributed by atoms with Crippen LogP contribution >= 0.6 is 0 Å². The third kappa shape index (κ3) is 3.08. The molecular weight excluding hydrogens is 428 g/mol. The predicted octanol–water partition coefficient (Wildman–Crippen LogP) is 3.71. The van der Waals surface area contributed by atoms with Crippen LogP contribution in [-0.4, -0.2) is 46.1 Å². The highest BCUT2D eigenvalue weighted by atomic mass is 19.1. The molecule has 4 heterocycles. The number of nitrogens with zero attached hydrogens (tertiary/aromatic N) is 4. The first-order valence-corrected chi connectivity index (χ1v) is 10.9. The smallest absolute Gasteiger partial charge is 0.326 e. The SMILES string of the molecule is CNc1c(F)cc(F)c2c1[nH]c1nc(Oc3ccc(C)nc3)nc(N3CC4C[C@H](N)C4C3)c12. The quantitative estimate of drug-likeness (QED) is 0.434. The van der Waals surface area contributed by atoms with E-state index in [1.54, 1.807) is 19.3 Å². The van der Waals surface area contributed by atoms with E-state index in [0.29, 0.717) is 40.0 Å². The fraction of sp³-hybridized carbons (Fsp3) is 0.348. The molecule has 0 spiro atoms. The molecule has 1 aliphatic heterocycles. The van der Waals surface area contributed by atoms with Crippen molar-refractivity contribution in [3.8, 4) is 11.8 Å². The number of benzene rings is 1. The number of ether oxygens (including phenoxy) is 1. The van der Waals surface area contributed by atoms with Crippen LogP contribution in [-0.2, 0) is 0 Å². The van der Waals surface area contributed by atoms with Crippen LogP contribution in [0.25, 0.3) is 21.9 Å². The molecular formula is C23H23F2N7O. The van der Waals surface area contributed by atoms with Gasteiger partial charge in [0.2, 0.25) is 0 Å². The summed E-state index contributed by atoms with van der Waals surface area (Å²) in [7, 11) is 1.59. The number of fused-ring (bicyclic) bond motifs is 4. The molecule has 0 amide bonds. The molecule has 2 fully saturated rings. The van der Waals surface area contributed by atoms with E-state index in [1.165, 1.54) is 0 Å². The minimum Gasteiger partial charge on any atom is -0.423 e. The van der Waals surface area contributed by atoms with E-state index < -0.39 is 11.6 Å². The number of aryl methyl sites for hydroxylation is 1. The standard InChI is InChI=1S/C23H23F2N7O/c1-10-3-4-12(7-28-10)33-23-30-21-18(17-14(24)6-15(25)19(27-2)20(17)29-21)22(31-23)32-8-11-5-16(26)13(11)9-32/h3-4,6-7,11,13,16,27H,5,8-9,26H2,1-2H3,(H,29,30,31)/t11?,13?,16-/m0/s1. The van der Waals surface area contributed by atoms with Gasteiger partial charge in [-0.25, -0.2) is 8.78 Å². The topological polar surface area (TPSA) is 105 Å². The Morgan fingerprint density at radius 1 is 1.18 bits per heavy atom. The van der Waals surface area contributed by atoms with Crippen molar-refractivity contribution in [1.29, 1.82) is 0 Å². The maximum absolute atomic E-state index is 15.1. The second-order valence-electron chi connectivity index (χ2n) is 8.86. The Hall–Kier alpha value is -3.53. The van der Waals surface area contributed by atoms with Crippen molar-refractivity contribution in [2.75, 3.05) is 30.4 Å². The first kappa shape index (κ1) is 20.1. The van der Waals surface area contributed by atoms with Crippen molar-refractivity contribution in [1.82, 2.24) is 19.9 Å². The number of nitrogens with one attached hydrogen (secondary N) is 2. The number of H-pyrrole nitrogens is 1. The molecule has 1 aliphatic carbocycles. The lowest BCUT2D eigenvalue weighted by molar-refractivity contribution is 0.194. The average Bonchev–Trinajstić information content (AvgIpc) is 3.33. The van der Waals surface area contributed by atoms with Gasteiger partial charge in [0.05, 0.1) is 28.2 Å². The minimum atomic E-state index is -0.684. The van der Waals surface area contributed by atoms with Gasteiger partial charge in [0.15, 0.2) is 5.82 Å². The van der Waals surface area contributed by atoms with Gasteiger partial charge >= 0.3 is 6.01 Å². The zero-order valence-electron chi connectivity index (χ0n) is 18.2. The summed E-state index contributed by atoms with van der Waals surface area (Å²) < 4.78 is 35.4. The van der Waals surface area contributed by atoms with Crippen LogP contribution in [0.15, 0.2) is 24.4 Å². The van der Waals surface area contributed by atoms with Crippen LogP contribution in [0.5, 0.6) is 11.8 Å². The van der Waals surface area contributed by atoms with Gasteiger partial charge < -0.3 is 25.7 Å². The summed E-state index contributed by atoms with van der Waals surface area (Å²) in [5.74, 6) is 0.537. The first-order valence-electron chi connectivity index (χ1n) is 10.9. The molecule has 1 aromatic carbocycles. The Morgan fingerprint density at radius 2 is 2.03 bits per heavy atom. The normalized spacial score (nSPS) is 22.0. The van der Waals surface area contributed by atoms with E-state index in [4.69, 9.17) is 10.5 Å². The zero-order valence-corrected chi connectivity index (χ0v) is 18.2. The second kappa shape index (κ2) is 7.24. The number of hydrogen-bond donors (Lipinski definition) is 3. The van der Waals surface area contributed by atoms with E-state index >= 15 is 4.39 Å². The summed E-state index contributed by atoms with van der Waals surface area (Å²) >= 11 is 0. The Morgan fingerprint density at radius 3 is 2.73 bits per heavy atom. The van der Waals surface area contributed by atoms with E-state index in [2.05, 4.69) is 30.2 Å². The van der Waals surface area contributed by atoms with Crippen LogP contribution in [0.4, 0.5) is 20.3 Å². The van der Waals surface area contributed by atoms with Gasteiger partial charge in [0.1, 0.15) is 23.0 Å². The van der Waals surface area contributed by atoms with Gasteiger partial charge in [-0.3, -0.25) is 4.98 Å². The van der Waals surface area contributed by atoms with Gasteiger partial charge in [-0.2, -0.15) is 9.97 Å². The lowest BCUT2D eigenvalue weighted by atomic mass is 9.72. The van der Waals surface area contributed by atoms with Crippen molar-refractivity contribution in [2.24, 2.45) is 17.6 Å². The monoisotopic (exact) mass is 451 g/mol. The summed E-state index contributed by atoms with van der Waals surface area (Å²) in [6.07, 6.45) is 2.56. The number of halogens is 2. The van der Waals surface area contributed by atoms with Gasteiger partial charge in [-0.15, -0.1) is 0 Å². The van der Waals surface area contributed by atoms with Crippen LogP contribution in [0, 0.1) is 30.4 Å². The number of aromatic amines is 1. The summed E-state index contributed by atoms with van der Waals surface area (Å²) in [5, 5.41) is 3.57.